The Morgan fingerprint density at radius 3 is 2.59 bits per heavy atom. The number of hydrogen-bond acceptors (Lipinski definition) is 2. The SMILES string of the molecule is N#CCCCNc1ccc(F)c(C(F)(F)F)c1. The molecule has 0 aromatic heterocycles. The number of halogens is 4. The molecule has 0 fully saturated rings. The third kappa shape index (κ3) is 3.94. The van der Waals surface area contributed by atoms with E-state index in [2.05, 4.69) is 5.32 Å². The standard InChI is InChI=1S/C11H10F4N2/c12-10-4-3-8(17-6-2-1-5-16)7-9(10)11(13,14)15/h3-4,7,17H,1-2,6H2. The summed E-state index contributed by atoms with van der Waals surface area (Å²) in [7, 11) is 0. The summed E-state index contributed by atoms with van der Waals surface area (Å²) in [6.45, 7) is 0.372. The Morgan fingerprint density at radius 1 is 1.29 bits per heavy atom. The zero-order chi connectivity index (χ0) is 12.9. The lowest BCUT2D eigenvalue weighted by Crippen LogP contribution is -2.09. The van der Waals surface area contributed by atoms with Gasteiger partial charge in [-0.1, -0.05) is 0 Å². The molecule has 0 aliphatic heterocycles. The van der Waals surface area contributed by atoms with Gasteiger partial charge < -0.3 is 5.32 Å². The fraction of sp³-hybridized carbons (Fsp3) is 0.364. The fourth-order valence-electron chi connectivity index (χ4n) is 1.25. The number of rotatable bonds is 4. The molecule has 6 heteroatoms. The molecule has 0 atom stereocenters. The van der Waals surface area contributed by atoms with Crippen molar-refractivity contribution in [2.75, 3.05) is 11.9 Å². The summed E-state index contributed by atoms with van der Waals surface area (Å²) in [5.41, 5.74) is -1.10. The molecule has 0 saturated carbocycles. The van der Waals surface area contributed by atoms with E-state index in [0.717, 1.165) is 12.1 Å². The van der Waals surface area contributed by atoms with Crippen LogP contribution in [0, 0.1) is 17.1 Å². The second-order valence-corrected chi connectivity index (χ2v) is 3.38. The van der Waals surface area contributed by atoms with Gasteiger partial charge in [0.15, 0.2) is 0 Å². The van der Waals surface area contributed by atoms with Gasteiger partial charge in [-0.25, -0.2) is 4.39 Å². The molecule has 0 unspecified atom stereocenters. The van der Waals surface area contributed by atoms with Crippen molar-refractivity contribution < 1.29 is 17.6 Å². The molecule has 0 aliphatic carbocycles. The van der Waals surface area contributed by atoms with E-state index in [1.807, 2.05) is 6.07 Å². The van der Waals surface area contributed by atoms with Crippen molar-refractivity contribution in [1.82, 2.24) is 0 Å². The maximum absolute atomic E-state index is 12.9. The van der Waals surface area contributed by atoms with Crippen molar-refractivity contribution in [1.29, 1.82) is 5.26 Å². The van der Waals surface area contributed by atoms with Crippen molar-refractivity contribution in [2.45, 2.75) is 19.0 Å². The Bertz CT molecular complexity index is 420. The van der Waals surface area contributed by atoms with Crippen LogP contribution in [-0.2, 0) is 6.18 Å². The molecule has 2 nitrogen and oxygen atoms in total. The molecule has 0 heterocycles. The molecule has 0 aliphatic rings. The topological polar surface area (TPSA) is 35.8 Å². The van der Waals surface area contributed by atoms with Gasteiger partial charge in [0.05, 0.1) is 11.6 Å². The fourth-order valence-corrected chi connectivity index (χ4v) is 1.25. The first-order valence-corrected chi connectivity index (χ1v) is 4.92. The van der Waals surface area contributed by atoms with Gasteiger partial charge in [-0.15, -0.1) is 0 Å². The average molecular weight is 246 g/mol. The summed E-state index contributed by atoms with van der Waals surface area (Å²) >= 11 is 0. The molecule has 0 radical (unpaired) electrons. The van der Waals surface area contributed by atoms with E-state index in [1.54, 1.807) is 0 Å². The van der Waals surface area contributed by atoms with Gasteiger partial charge in [-0.3, -0.25) is 0 Å². The molecule has 92 valence electrons. The molecular weight excluding hydrogens is 236 g/mol. The van der Waals surface area contributed by atoms with E-state index in [4.69, 9.17) is 5.26 Å². The lowest BCUT2D eigenvalue weighted by Gasteiger charge is -2.11. The Balaban J connectivity index is 2.73. The smallest absolute Gasteiger partial charge is 0.385 e. The Labute approximate surface area is 95.9 Å². The van der Waals surface area contributed by atoms with Crippen molar-refractivity contribution >= 4 is 5.69 Å². The first-order chi connectivity index (χ1) is 7.95. The minimum atomic E-state index is -4.70. The van der Waals surface area contributed by atoms with Crippen LogP contribution in [0.15, 0.2) is 18.2 Å². The number of nitriles is 1. The largest absolute Gasteiger partial charge is 0.419 e. The minimum Gasteiger partial charge on any atom is -0.385 e. The van der Waals surface area contributed by atoms with E-state index in [-0.39, 0.29) is 5.69 Å². The van der Waals surface area contributed by atoms with Crippen molar-refractivity contribution in [3.8, 4) is 6.07 Å². The third-order valence-corrected chi connectivity index (χ3v) is 2.07. The molecule has 1 rings (SSSR count). The Kier molecular flexibility index (Phi) is 4.32. The molecular formula is C11H10F4N2. The van der Waals surface area contributed by atoms with Gasteiger partial charge in [-0.2, -0.15) is 18.4 Å². The molecule has 0 amide bonds. The first kappa shape index (κ1) is 13.3. The Morgan fingerprint density at radius 2 is 2.00 bits per heavy atom. The van der Waals surface area contributed by atoms with Crippen LogP contribution >= 0.6 is 0 Å². The molecule has 1 aromatic rings. The van der Waals surface area contributed by atoms with Gasteiger partial charge in [-0.05, 0) is 24.6 Å². The number of alkyl halides is 3. The minimum absolute atomic E-state index is 0.191. The van der Waals surface area contributed by atoms with Crippen LogP contribution in [-0.4, -0.2) is 6.54 Å². The van der Waals surface area contributed by atoms with Crippen molar-refractivity contribution in [3.05, 3.63) is 29.6 Å². The van der Waals surface area contributed by atoms with E-state index < -0.39 is 17.6 Å². The van der Waals surface area contributed by atoms with Crippen LogP contribution in [0.2, 0.25) is 0 Å². The number of anilines is 1. The van der Waals surface area contributed by atoms with Crippen molar-refractivity contribution in [3.63, 3.8) is 0 Å². The second-order valence-electron chi connectivity index (χ2n) is 3.38. The summed E-state index contributed by atoms with van der Waals surface area (Å²) in [5.74, 6) is -1.29. The summed E-state index contributed by atoms with van der Waals surface area (Å²) in [5, 5.41) is 11.0. The monoisotopic (exact) mass is 246 g/mol. The number of hydrogen-bond donors (Lipinski definition) is 1. The summed E-state index contributed by atoms with van der Waals surface area (Å²) < 4.78 is 50.0. The lowest BCUT2D eigenvalue weighted by molar-refractivity contribution is -0.139. The highest BCUT2D eigenvalue weighted by Gasteiger charge is 2.34. The van der Waals surface area contributed by atoms with Crippen LogP contribution in [0.1, 0.15) is 18.4 Å². The van der Waals surface area contributed by atoms with Crippen molar-refractivity contribution in [2.24, 2.45) is 0 Å². The first-order valence-electron chi connectivity index (χ1n) is 4.92. The average Bonchev–Trinajstić information content (AvgIpc) is 2.25. The lowest BCUT2D eigenvalue weighted by atomic mass is 10.1. The van der Waals surface area contributed by atoms with Crippen LogP contribution in [0.3, 0.4) is 0 Å². The number of unbranched alkanes of at least 4 members (excludes halogenated alkanes) is 1. The van der Waals surface area contributed by atoms with E-state index >= 15 is 0 Å². The quantitative estimate of drug-likeness (QED) is 0.651. The van der Waals surface area contributed by atoms with Crippen LogP contribution < -0.4 is 5.32 Å². The predicted octanol–water partition coefficient (Wildman–Crippen LogP) is 3.56. The van der Waals surface area contributed by atoms with E-state index in [1.165, 1.54) is 6.07 Å². The van der Waals surface area contributed by atoms with Crippen LogP contribution in [0.5, 0.6) is 0 Å². The maximum Gasteiger partial charge on any atom is 0.419 e. The summed E-state index contributed by atoms with van der Waals surface area (Å²) in [6.07, 6.45) is -3.86. The van der Waals surface area contributed by atoms with Gasteiger partial charge in [0, 0.05) is 18.7 Å². The molecule has 1 aromatic carbocycles. The molecule has 17 heavy (non-hydrogen) atoms. The maximum atomic E-state index is 12.9. The zero-order valence-electron chi connectivity index (χ0n) is 8.81. The summed E-state index contributed by atoms with van der Waals surface area (Å²) in [4.78, 5) is 0. The van der Waals surface area contributed by atoms with Gasteiger partial charge >= 0.3 is 6.18 Å². The third-order valence-electron chi connectivity index (χ3n) is 2.07. The number of benzene rings is 1. The summed E-state index contributed by atoms with van der Waals surface area (Å²) in [6, 6.07) is 4.65. The number of nitrogens with one attached hydrogen (secondary N) is 1. The molecule has 1 N–H and O–H groups in total. The number of nitrogens with zero attached hydrogens (tertiary/aromatic N) is 1. The van der Waals surface area contributed by atoms with Gasteiger partial charge in [0.25, 0.3) is 0 Å². The van der Waals surface area contributed by atoms with Gasteiger partial charge in [0.2, 0.25) is 0 Å². The molecule has 0 bridgehead atoms. The zero-order valence-corrected chi connectivity index (χ0v) is 8.81. The van der Waals surface area contributed by atoms with E-state index in [0.29, 0.717) is 19.4 Å². The van der Waals surface area contributed by atoms with Crippen LogP contribution in [0.25, 0.3) is 0 Å². The van der Waals surface area contributed by atoms with Crippen LogP contribution in [0.4, 0.5) is 23.2 Å². The van der Waals surface area contributed by atoms with Gasteiger partial charge in [0.1, 0.15) is 5.82 Å². The highest BCUT2D eigenvalue weighted by molar-refractivity contribution is 5.47. The Hall–Kier alpha value is -1.77. The highest BCUT2D eigenvalue weighted by atomic mass is 19.4. The predicted molar refractivity (Wildman–Crippen MR) is 54.7 cm³/mol. The van der Waals surface area contributed by atoms with E-state index in [9.17, 15) is 17.6 Å². The highest BCUT2D eigenvalue weighted by Crippen LogP contribution is 2.32. The normalized spacial score (nSPS) is 11.0. The molecule has 0 spiro atoms. The second kappa shape index (κ2) is 5.53. The molecule has 0 saturated heterocycles.